The fourth-order valence-electron chi connectivity index (χ4n) is 2.78. The van der Waals surface area contributed by atoms with E-state index in [1.807, 2.05) is 18.2 Å². The van der Waals surface area contributed by atoms with Crippen LogP contribution in [-0.2, 0) is 22.5 Å². The van der Waals surface area contributed by atoms with E-state index in [1.165, 1.54) is 12.7 Å². The first-order chi connectivity index (χ1) is 10.1. The van der Waals surface area contributed by atoms with Crippen LogP contribution in [0.1, 0.15) is 24.0 Å². The first-order valence-corrected chi connectivity index (χ1v) is 7.66. The van der Waals surface area contributed by atoms with E-state index >= 15 is 0 Å². The molecule has 1 fully saturated rings. The first-order valence-electron chi connectivity index (χ1n) is 7.25. The molecule has 1 heterocycles. The van der Waals surface area contributed by atoms with Gasteiger partial charge in [0, 0.05) is 19.0 Å². The smallest absolute Gasteiger partial charge is 0.309 e. The third-order valence-corrected chi connectivity index (χ3v) is 4.32. The average Bonchev–Trinajstić information content (AvgIpc) is 2.49. The van der Waals surface area contributed by atoms with Crippen LogP contribution in [0.25, 0.3) is 0 Å². The fourth-order valence-corrected chi connectivity index (χ4v) is 2.98. The van der Waals surface area contributed by atoms with Crippen molar-refractivity contribution in [1.29, 1.82) is 0 Å². The lowest BCUT2D eigenvalue weighted by Gasteiger charge is -2.32. The summed E-state index contributed by atoms with van der Waals surface area (Å²) in [7, 11) is 1.42. The number of nitrogens with zero attached hydrogens (tertiary/aromatic N) is 1. The molecule has 1 aromatic carbocycles. The maximum absolute atomic E-state index is 11.5. The second-order valence-electron chi connectivity index (χ2n) is 5.50. The van der Waals surface area contributed by atoms with Gasteiger partial charge >= 0.3 is 5.97 Å². The zero-order chi connectivity index (χ0) is 15.2. The van der Waals surface area contributed by atoms with Crippen molar-refractivity contribution in [2.45, 2.75) is 25.8 Å². The molecule has 1 saturated heterocycles. The molecular formula is C16H22N2O2S. The molecule has 1 aromatic rings. The van der Waals surface area contributed by atoms with Gasteiger partial charge in [-0.3, -0.25) is 9.69 Å². The van der Waals surface area contributed by atoms with Gasteiger partial charge in [-0.1, -0.05) is 36.5 Å². The highest BCUT2D eigenvalue weighted by atomic mass is 32.1. The molecule has 0 spiro atoms. The number of piperidine rings is 1. The number of hydrogen-bond donors (Lipinski definition) is 1. The molecule has 5 heteroatoms. The summed E-state index contributed by atoms with van der Waals surface area (Å²) in [6.07, 6.45) is 2.51. The van der Waals surface area contributed by atoms with Gasteiger partial charge < -0.3 is 10.5 Å². The summed E-state index contributed by atoms with van der Waals surface area (Å²) in [4.78, 5) is 14.5. The number of methoxy groups -OCH3 is 1. The quantitative estimate of drug-likeness (QED) is 0.665. The maximum atomic E-state index is 11.5. The minimum atomic E-state index is -0.206. The summed E-state index contributed by atoms with van der Waals surface area (Å²) < 4.78 is 4.76. The van der Waals surface area contributed by atoms with E-state index in [0.29, 0.717) is 17.3 Å². The Hall–Kier alpha value is -1.46. The van der Waals surface area contributed by atoms with Crippen LogP contribution in [0.15, 0.2) is 24.3 Å². The van der Waals surface area contributed by atoms with Gasteiger partial charge in [0.25, 0.3) is 0 Å². The predicted molar refractivity (Wildman–Crippen MR) is 86.9 cm³/mol. The van der Waals surface area contributed by atoms with Crippen molar-refractivity contribution in [3.63, 3.8) is 0 Å². The standard InChI is InChI=1S/C16H22N2O2S/c1-20-15(19)9-12-5-2-3-6-13(12)10-18-8-4-7-14(11-18)16(17)21/h2-3,5-6,14H,4,7-11H2,1H3,(H2,17,21). The van der Waals surface area contributed by atoms with Crippen molar-refractivity contribution >= 4 is 23.2 Å². The number of ether oxygens (including phenoxy) is 1. The van der Waals surface area contributed by atoms with Gasteiger partial charge in [0.1, 0.15) is 0 Å². The second-order valence-corrected chi connectivity index (χ2v) is 5.97. The lowest BCUT2D eigenvalue weighted by atomic mass is 9.96. The Balaban J connectivity index is 2.05. The molecule has 114 valence electrons. The van der Waals surface area contributed by atoms with Gasteiger partial charge in [-0.25, -0.2) is 0 Å². The molecule has 0 amide bonds. The van der Waals surface area contributed by atoms with Gasteiger partial charge in [0.05, 0.1) is 18.5 Å². The number of rotatable bonds is 5. The Bertz CT molecular complexity index is 519. The molecule has 1 atom stereocenters. The SMILES string of the molecule is COC(=O)Cc1ccccc1CN1CCCC(C(N)=S)C1. The van der Waals surface area contributed by atoms with Crippen molar-refractivity contribution in [2.24, 2.45) is 11.7 Å². The topological polar surface area (TPSA) is 55.6 Å². The van der Waals surface area contributed by atoms with E-state index in [1.54, 1.807) is 0 Å². The lowest BCUT2D eigenvalue weighted by molar-refractivity contribution is -0.139. The highest BCUT2D eigenvalue weighted by molar-refractivity contribution is 7.80. The molecule has 2 N–H and O–H groups in total. The highest BCUT2D eigenvalue weighted by Gasteiger charge is 2.22. The van der Waals surface area contributed by atoms with Gasteiger partial charge in [0.15, 0.2) is 0 Å². The van der Waals surface area contributed by atoms with E-state index in [2.05, 4.69) is 11.0 Å². The second kappa shape index (κ2) is 7.52. The number of nitrogens with two attached hydrogens (primary N) is 1. The van der Waals surface area contributed by atoms with Crippen molar-refractivity contribution in [3.8, 4) is 0 Å². The maximum Gasteiger partial charge on any atom is 0.309 e. The zero-order valence-corrected chi connectivity index (χ0v) is 13.2. The third kappa shape index (κ3) is 4.51. The lowest BCUT2D eigenvalue weighted by Crippen LogP contribution is -2.40. The van der Waals surface area contributed by atoms with Crippen LogP contribution in [0.3, 0.4) is 0 Å². The number of carbonyl (C=O) groups excluding carboxylic acids is 1. The van der Waals surface area contributed by atoms with Gasteiger partial charge in [-0.15, -0.1) is 0 Å². The first kappa shape index (κ1) is 15.9. The molecule has 1 unspecified atom stereocenters. The van der Waals surface area contributed by atoms with Crippen LogP contribution in [0.2, 0.25) is 0 Å². The number of benzene rings is 1. The largest absolute Gasteiger partial charge is 0.469 e. The zero-order valence-electron chi connectivity index (χ0n) is 12.4. The summed E-state index contributed by atoms with van der Waals surface area (Å²) in [5.74, 6) is 0.101. The minimum absolute atomic E-state index is 0.206. The average molecular weight is 306 g/mol. The summed E-state index contributed by atoms with van der Waals surface area (Å²) >= 11 is 5.12. The van der Waals surface area contributed by atoms with Crippen molar-refractivity contribution in [1.82, 2.24) is 4.90 Å². The molecule has 1 aliphatic heterocycles. The number of likely N-dealkylation sites (tertiary alicyclic amines) is 1. The molecule has 0 bridgehead atoms. The van der Waals surface area contributed by atoms with Crippen LogP contribution >= 0.6 is 12.2 Å². The molecule has 4 nitrogen and oxygen atoms in total. The summed E-state index contributed by atoms with van der Waals surface area (Å²) in [5.41, 5.74) is 7.98. The van der Waals surface area contributed by atoms with E-state index in [4.69, 9.17) is 22.7 Å². The molecule has 2 rings (SSSR count). The Morgan fingerprint density at radius 3 is 2.81 bits per heavy atom. The highest BCUT2D eigenvalue weighted by Crippen LogP contribution is 2.20. The van der Waals surface area contributed by atoms with Crippen LogP contribution in [0.4, 0.5) is 0 Å². The van der Waals surface area contributed by atoms with Crippen molar-refractivity contribution < 1.29 is 9.53 Å². The summed E-state index contributed by atoms with van der Waals surface area (Å²) in [6, 6.07) is 8.02. The van der Waals surface area contributed by atoms with Crippen molar-refractivity contribution in [3.05, 3.63) is 35.4 Å². The summed E-state index contributed by atoms with van der Waals surface area (Å²) in [5, 5.41) is 0. The van der Waals surface area contributed by atoms with Crippen LogP contribution < -0.4 is 5.73 Å². The number of carbonyl (C=O) groups is 1. The van der Waals surface area contributed by atoms with Crippen LogP contribution in [0, 0.1) is 5.92 Å². The van der Waals surface area contributed by atoms with E-state index in [9.17, 15) is 4.79 Å². The Morgan fingerprint density at radius 1 is 1.43 bits per heavy atom. The van der Waals surface area contributed by atoms with Gasteiger partial charge in [-0.05, 0) is 30.5 Å². The summed E-state index contributed by atoms with van der Waals surface area (Å²) in [6.45, 7) is 2.78. The van der Waals surface area contributed by atoms with Gasteiger partial charge in [-0.2, -0.15) is 0 Å². The fraction of sp³-hybridized carbons (Fsp3) is 0.500. The molecule has 21 heavy (non-hydrogen) atoms. The monoisotopic (exact) mass is 306 g/mol. The Morgan fingerprint density at radius 2 is 2.14 bits per heavy atom. The molecule has 0 radical (unpaired) electrons. The number of esters is 1. The third-order valence-electron chi connectivity index (χ3n) is 3.98. The van der Waals surface area contributed by atoms with E-state index < -0.39 is 0 Å². The minimum Gasteiger partial charge on any atom is -0.469 e. The Kier molecular flexibility index (Phi) is 5.70. The van der Waals surface area contributed by atoms with Gasteiger partial charge in [0.2, 0.25) is 0 Å². The molecule has 0 saturated carbocycles. The normalized spacial score (nSPS) is 19.2. The van der Waals surface area contributed by atoms with Crippen LogP contribution in [-0.4, -0.2) is 36.1 Å². The molecule has 0 aromatic heterocycles. The van der Waals surface area contributed by atoms with E-state index in [-0.39, 0.29) is 5.97 Å². The van der Waals surface area contributed by atoms with Crippen molar-refractivity contribution in [2.75, 3.05) is 20.2 Å². The predicted octanol–water partition coefficient (Wildman–Crippen LogP) is 1.90. The van der Waals surface area contributed by atoms with E-state index in [0.717, 1.165) is 38.0 Å². The molecule has 0 aliphatic carbocycles. The number of thiocarbonyl (C=S) groups is 1. The molecule has 1 aliphatic rings. The number of hydrogen-bond acceptors (Lipinski definition) is 4. The van der Waals surface area contributed by atoms with Crippen LogP contribution in [0.5, 0.6) is 0 Å². The molecular weight excluding hydrogens is 284 g/mol. The Labute approximate surface area is 131 Å².